The quantitative estimate of drug-likeness (QED) is 0.751. The largest absolute Gasteiger partial charge is 0.332 e. The summed E-state index contributed by atoms with van der Waals surface area (Å²) in [6.45, 7) is 0. The number of benzene rings is 2. The Balaban J connectivity index is 1.47. The van der Waals surface area contributed by atoms with Gasteiger partial charge in [0.25, 0.3) is 0 Å². The minimum absolute atomic E-state index is 0.131. The van der Waals surface area contributed by atoms with E-state index >= 15 is 0 Å². The molecule has 0 radical (unpaired) electrons. The zero-order valence-electron chi connectivity index (χ0n) is 11.9. The van der Waals surface area contributed by atoms with Crippen molar-refractivity contribution in [3.8, 4) is 0 Å². The van der Waals surface area contributed by atoms with Crippen LogP contribution in [0.5, 0.6) is 0 Å². The third-order valence-electron chi connectivity index (χ3n) is 3.65. The molecular weight excluding hydrogens is 294 g/mol. The highest BCUT2D eigenvalue weighted by atomic mass is 32.1. The van der Waals surface area contributed by atoms with Gasteiger partial charge in [-0.25, -0.2) is 4.98 Å². The molecule has 1 saturated carbocycles. The predicted octanol–water partition coefficient (Wildman–Crippen LogP) is 4.39. The lowest BCUT2D eigenvalue weighted by molar-refractivity contribution is -0.117. The first-order valence-corrected chi connectivity index (χ1v) is 8.13. The molecule has 3 aromatic rings. The number of carbonyl (C=O) groups is 1. The van der Waals surface area contributed by atoms with E-state index in [9.17, 15) is 4.79 Å². The molecule has 0 spiro atoms. The molecule has 4 rings (SSSR count). The van der Waals surface area contributed by atoms with Crippen molar-refractivity contribution >= 4 is 44.0 Å². The summed E-state index contributed by atoms with van der Waals surface area (Å²) in [5.74, 6) is 0.354. The van der Waals surface area contributed by atoms with Crippen LogP contribution in [0, 0.1) is 5.92 Å². The first kappa shape index (κ1) is 13.3. The van der Waals surface area contributed by atoms with Gasteiger partial charge in [0.2, 0.25) is 5.91 Å². The summed E-state index contributed by atoms with van der Waals surface area (Å²) >= 11 is 1.63. The number of nitrogens with zero attached hydrogens (tertiary/aromatic N) is 1. The minimum Gasteiger partial charge on any atom is -0.332 e. The van der Waals surface area contributed by atoms with E-state index in [4.69, 9.17) is 0 Å². The average molecular weight is 309 g/mol. The van der Waals surface area contributed by atoms with Crippen LogP contribution in [0.3, 0.4) is 0 Å². The summed E-state index contributed by atoms with van der Waals surface area (Å²) in [4.78, 5) is 16.3. The second-order valence-corrected chi connectivity index (χ2v) is 6.48. The van der Waals surface area contributed by atoms with Crippen molar-refractivity contribution < 1.29 is 4.79 Å². The molecule has 0 aliphatic heterocycles. The Labute approximate surface area is 132 Å². The van der Waals surface area contributed by atoms with Crippen molar-refractivity contribution in [3.05, 3.63) is 48.5 Å². The Morgan fingerprint density at radius 3 is 2.50 bits per heavy atom. The van der Waals surface area contributed by atoms with E-state index in [0.717, 1.165) is 34.9 Å². The Kier molecular flexibility index (Phi) is 3.27. The number of thiazole rings is 1. The number of amides is 1. The molecule has 22 heavy (non-hydrogen) atoms. The molecule has 1 heterocycles. The monoisotopic (exact) mass is 309 g/mol. The maximum absolute atomic E-state index is 11.7. The van der Waals surface area contributed by atoms with Crippen molar-refractivity contribution in [1.29, 1.82) is 0 Å². The van der Waals surface area contributed by atoms with Crippen molar-refractivity contribution in [2.24, 2.45) is 5.92 Å². The molecule has 2 aromatic carbocycles. The van der Waals surface area contributed by atoms with E-state index in [1.54, 1.807) is 11.3 Å². The first-order valence-electron chi connectivity index (χ1n) is 7.31. The SMILES string of the molecule is O=C(Nc1ccc(Nc2nc3ccccc3s2)cc1)C1CC1. The Hall–Kier alpha value is -2.40. The van der Waals surface area contributed by atoms with E-state index in [2.05, 4.69) is 21.7 Å². The molecule has 1 amide bonds. The topological polar surface area (TPSA) is 54.0 Å². The number of carbonyl (C=O) groups excluding carboxylic acids is 1. The number of anilines is 3. The first-order chi connectivity index (χ1) is 10.8. The molecule has 0 bridgehead atoms. The third-order valence-corrected chi connectivity index (χ3v) is 4.60. The van der Waals surface area contributed by atoms with Gasteiger partial charge in [-0.2, -0.15) is 0 Å². The minimum atomic E-state index is 0.131. The highest BCUT2D eigenvalue weighted by molar-refractivity contribution is 7.22. The summed E-state index contributed by atoms with van der Waals surface area (Å²) in [5, 5.41) is 7.11. The molecule has 1 fully saturated rings. The Morgan fingerprint density at radius 2 is 1.77 bits per heavy atom. The fraction of sp³-hybridized carbons (Fsp3) is 0.176. The standard InChI is InChI=1S/C17H15N3OS/c21-16(11-5-6-11)18-12-7-9-13(10-8-12)19-17-20-14-3-1-2-4-15(14)22-17/h1-4,7-11H,5-6H2,(H,18,21)(H,19,20). The van der Waals surface area contributed by atoms with Gasteiger partial charge in [-0.3, -0.25) is 4.79 Å². The van der Waals surface area contributed by atoms with E-state index in [0.29, 0.717) is 0 Å². The summed E-state index contributed by atoms with van der Waals surface area (Å²) < 4.78 is 1.17. The molecule has 5 heteroatoms. The number of aromatic nitrogens is 1. The van der Waals surface area contributed by atoms with Gasteiger partial charge >= 0.3 is 0 Å². The van der Waals surface area contributed by atoms with Gasteiger partial charge in [0.05, 0.1) is 10.2 Å². The number of rotatable bonds is 4. The zero-order valence-corrected chi connectivity index (χ0v) is 12.7. The summed E-state index contributed by atoms with van der Waals surface area (Å²) in [5.41, 5.74) is 2.80. The maximum Gasteiger partial charge on any atom is 0.227 e. The van der Waals surface area contributed by atoms with Gasteiger partial charge in [-0.15, -0.1) is 0 Å². The lowest BCUT2D eigenvalue weighted by Crippen LogP contribution is -2.13. The molecule has 0 atom stereocenters. The van der Waals surface area contributed by atoms with Crippen LogP contribution in [-0.4, -0.2) is 10.9 Å². The average Bonchev–Trinajstić information content (AvgIpc) is 3.30. The van der Waals surface area contributed by atoms with Gasteiger partial charge in [0, 0.05) is 17.3 Å². The molecule has 1 aromatic heterocycles. The normalized spacial score (nSPS) is 14.0. The molecular formula is C17H15N3OS. The van der Waals surface area contributed by atoms with Gasteiger partial charge in [-0.05, 0) is 49.2 Å². The van der Waals surface area contributed by atoms with E-state index < -0.39 is 0 Å². The van der Waals surface area contributed by atoms with Crippen LogP contribution >= 0.6 is 11.3 Å². The molecule has 110 valence electrons. The van der Waals surface area contributed by atoms with Crippen LogP contribution in [0.1, 0.15) is 12.8 Å². The highest BCUT2D eigenvalue weighted by Crippen LogP contribution is 2.31. The van der Waals surface area contributed by atoms with Crippen molar-refractivity contribution in [3.63, 3.8) is 0 Å². The van der Waals surface area contributed by atoms with Gasteiger partial charge in [0.1, 0.15) is 0 Å². The number of hydrogen-bond acceptors (Lipinski definition) is 4. The van der Waals surface area contributed by atoms with E-state index in [-0.39, 0.29) is 11.8 Å². The Bertz CT molecular complexity index is 788. The molecule has 1 aliphatic carbocycles. The van der Waals surface area contributed by atoms with E-state index in [1.165, 1.54) is 4.70 Å². The van der Waals surface area contributed by atoms with Crippen LogP contribution < -0.4 is 10.6 Å². The predicted molar refractivity (Wildman–Crippen MR) is 90.7 cm³/mol. The van der Waals surface area contributed by atoms with Crippen molar-refractivity contribution in [1.82, 2.24) is 4.98 Å². The van der Waals surface area contributed by atoms with Gasteiger partial charge in [0.15, 0.2) is 5.13 Å². The number of para-hydroxylation sites is 1. The fourth-order valence-electron chi connectivity index (χ4n) is 2.28. The Morgan fingerprint density at radius 1 is 1.05 bits per heavy atom. The smallest absolute Gasteiger partial charge is 0.227 e. The van der Waals surface area contributed by atoms with Crippen molar-refractivity contribution in [2.45, 2.75) is 12.8 Å². The van der Waals surface area contributed by atoms with Gasteiger partial charge < -0.3 is 10.6 Å². The second kappa shape index (κ2) is 5.42. The van der Waals surface area contributed by atoms with Crippen molar-refractivity contribution in [2.75, 3.05) is 10.6 Å². The molecule has 4 nitrogen and oxygen atoms in total. The number of hydrogen-bond donors (Lipinski definition) is 2. The van der Waals surface area contributed by atoms with Crippen LogP contribution in [0.15, 0.2) is 48.5 Å². The second-order valence-electron chi connectivity index (χ2n) is 5.45. The number of fused-ring (bicyclic) bond motifs is 1. The van der Waals surface area contributed by atoms with Crippen LogP contribution in [0.25, 0.3) is 10.2 Å². The zero-order chi connectivity index (χ0) is 14.9. The van der Waals surface area contributed by atoms with Crippen LogP contribution in [0.4, 0.5) is 16.5 Å². The number of nitrogens with one attached hydrogen (secondary N) is 2. The van der Waals surface area contributed by atoms with Gasteiger partial charge in [-0.1, -0.05) is 23.5 Å². The maximum atomic E-state index is 11.7. The highest BCUT2D eigenvalue weighted by Gasteiger charge is 2.29. The van der Waals surface area contributed by atoms with Crippen LogP contribution in [-0.2, 0) is 4.79 Å². The lowest BCUT2D eigenvalue weighted by Gasteiger charge is -2.06. The summed E-state index contributed by atoms with van der Waals surface area (Å²) in [6.07, 6.45) is 2.03. The summed E-state index contributed by atoms with van der Waals surface area (Å²) in [7, 11) is 0. The lowest BCUT2D eigenvalue weighted by atomic mass is 10.2. The molecule has 0 saturated heterocycles. The fourth-order valence-corrected chi connectivity index (χ4v) is 3.16. The summed E-state index contributed by atoms with van der Waals surface area (Å²) in [6, 6.07) is 15.8. The molecule has 1 aliphatic rings. The van der Waals surface area contributed by atoms with Crippen LogP contribution in [0.2, 0.25) is 0 Å². The third kappa shape index (κ3) is 2.80. The molecule has 0 unspecified atom stereocenters. The van der Waals surface area contributed by atoms with E-state index in [1.807, 2.05) is 42.5 Å². The molecule has 2 N–H and O–H groups in total.